The number of aromatic nitrogens is 4. The van der Waals surface area contributed by atoms with Crippen LogP contribution in [0.2, 0.25) is 0 Å². The molecule has 5 aromatic rings. The van der Waals surface area contributed by atoms with Gasteiger partial charge in [0.25, 0.3) is 5.56 Å². The Labute approximate surface area is 384 Å². The summed E-state index contributed by atoms with van der Waals surface area (Å²) >= 11 is 0. The average Bonchev–Trinajstić information content (AvgIpc) is 4.07. The molecule has 2 saturated carbocycles. The minimum Gasteiger partial charge on any atom is -0.453 e. The summed E-state index contributed by atoms with van der Waals surface area (Å²) in [5.41, 5.74) is 3.99. The van der Waals surface area contributed by atoms with E-state index in [-0.39, 0.29) is 53.3 Å². The number of ether oxygens (including phenoxy) is 2. The van der Waals surface area contributed by atoms with Crippen molar-refractivity contribution in [1.82, 2.24) is 40.4 Å². The molecular weight excluding hydrogens is 837 g/mol. The van der Waals surface area contributed by atoms with Crippen molar-refractivity contribution in [3.05, 3.63) is 82.8 Å². The number of alkyl carbamates (subject to hydrolysis) is 2. The van der Waals surface area contributed by atoms with Crippen molar-refractivity contribution in [1.29, 1.82) is 0 Å². The molecule has 0 unspecified atom stereocenters. The fourth-order valence-electron chi connectivity index (χ4n) is 11.5. The second-order valence-corrected chi connectivity index (χ2v) is 19.6. The number of nitrogens with zero attached hydrogens (tertiary/aromatic N) is 4. The van der Waals surface area contributed by atoms with Crippen molar-refractivity contribution in [2.45, 2.75) is 128 Å². The van der Waals surface area contributed by atoms with E-state index in [2.05, 4.69) is 57.0 Å². The number of imidazole rings is 1. The van der Waals surface area contributed by atoms with Gasteiger partial charge in [0.15, 0.2) is 0 Å². The van der Waals surface area contributed by atoms with Gasteiger partial charge in [0, 0.05) is 17.6 Å². The molecular formula is C51H62N8O7. The van der Waals surface area contributed by atoms with Gasteiger partial charge in [-0.1, -0.05) is 83.7 Å². The number of rotatable bonds is 10. The highest BCUT2D eigenvalue weighted by Crippen LogP contribution is 2.48. The molecule has 4 heterocycles. The number of amides is 4. The van der Waals surface area contributed by atoms with E-state index in [9.17, 15) is 24.0 Å². The van der Waals surface area contributed by atoms with Crippen molar-refractivity contribution < 1.29 is 28.7 Å². The first kappa shape index (κ1) is 44.9. The van der Waals surface area contributed by atoms with Crippen molar-refractivity contribution in [3.8, 4) is 22.4 Å². The molecule has 2 saturated heterocycles. The molecule has 4 fully saturated rings. The number of nitrogens with one attached hydrogen (secondary N) is 4. The lowest BCUT2D eigenvalue weighted by Gasteiger charge is -2.37. The van der Waals surface area contributed by atoms with Crippen LogP contribution < -0.4 is 16.2 Å². The summed E-state index contributed by atoms with van der Waals surface area (Å²) in [6.45, 7) is 7.67. The molecule has 2 aromatic heterocycles. The Balaban J connectivity index is 0.979. The minimum atomic E-state index is -0.785. The maximum Gasteiger partial charge on any atom is 0.407 e. The summed E-state index contributed by atoms with van der Waals surface area (Å²) in [6.07, 6.45) is 10.3. The summed E-state index contributed by atoms with van der Waals surface area (Å²) in [4.78, 5) is 87.5. The van der Waals surface area contributed by atoms with E-state index in [1.165, 1.54) is 14.2 Å². The van der Waals surface area contributed by atoms with E-state index in [0.29, 0.717) is 29.1 Å². The van der Waals surface area contributed by atoms with Gasteiger partial charge in [-0.25, -0.2) is 19.6 Å². The normalized spacial score (nSPS) is 23.7. The lowest BCUT2D eigenvalue weighted by molar-refractivity contribution is -0.139. The molecule has 2 aliphatic heterocycles. The van der Waals surface area contributed by atoms with Crippen LogP contribution in [0.25, 0.3) is 44.1 Å². The first-order chi connectivity index (χ1) is 31.8. The van der Waals surface area contributed by atoms with Gasteiger partial charge in [-0.3, -0.25) is 14.4 Å². The predicted octanol–water partition coefficient (Wildman–Crippen LogP) is 8.56. The van der Waals surface area contributed by atoms with E-state index in [1.54, 1.807) is 0 Å². The number of fused-ring (bicyclic) bond motifs is 4. The number of methoxy groups -OCH3 is 2. The first-order valence-electron chi connectivity index (χ1n) is 23.8. The standard InChI is InChI=1S/C51H62N8O7/c1-27(2)43(55-50(63)65-5)48(61)58-39-13-9-7-11-34(39)24-41(58)45-52-26-38(54-45)33-18-17-29-21-30(15-16-31(29)22-33)32-19-20-36-37(23-32)53-46(57-47(36)60)42-25-35-12-8-10-14-40(35)59(42)49(62)44(28(3)4)56-51(64)66-6/h15-23,26-28,34-35,39-44H,7-14,24-25H2,1-6H3,(H,52,54)(H,55,63)(H,56,64)(H,53,57,60)/t34-,35-,39-,40-,41-,42-,43-,44-/m0/s1. The largest absolute Gasteiger partial charge is 0.453 e. The predicted molar refractivity (Wildman–Crippen MR) is 251 cm³/mol. The number of aromatic amines is 2. The quantitative estimate of drug-likeness (QED) is 0.106. The molecule has 4 aliphatic rings. The van der Waals surface area contributed by atoms with Gasteiger partial charge in [0.05, 0.1) is 49.1 Å². The van der Waals surface area contributed by atoms with Crippen LogP contribution in [0.4, 0.5) is 9.59 Å². The Hall–Kier alpha value is -6.25. The van der Waals surface area contributed by atoms with E-state index >= 15 is 0 Å². The van der Waals surface area contributed by atoms with E-state index in [4.69, 9.17) is 19.4 Å². The lowest BCUT2D eigenvalue weighted by atomic mass is 9.84. The highest BCUT2D eigenvalue weighted by molar-refractivity contribution is 5.92. The molecule has 0 bridgehead atoms. The molecule has 15 heteroatoms. The summed E-state index contributed by atoms with van der Waals surface area (Å²) < 4.78 is 9.76. The van der Waals surface area contributed by atoms with Crippen molar-refractivity contribution in [2.24, 2.45) is 23.7 Å². The molecule has 9 rings (SSSR count). The van der Waals surface area contributed by atoms with E-state index in [0.717, 1.165) is 96.8 Å². The fraction of sp³-hybridized carbons (Fsp3) is 0.510. The molecule has 15 nitrogen and oxygen atoms in total. The zero-order chi connectivity index (χ0) is 46.4. The van der Waals surface area contributed by atoms with Crippen LogP contribution in [0.1, 0.15) is 116 Å². The molecule has 66 heavy (non-hydrogen) atoms. The van der Waals surface area contributed by atoms with Crippen LogP contribution in [0.15, 0.2) is 65.6 Å². The monoisotopic (exact) mass is 898 g/mol. The van der Waals surface area contributed by atoms with Crippen LogP contribution in [-0.2, 0) is 19.1 Å². The molecule has 0 spiro atoms. The Morgan fingerprint density at radius 3 is 1.71 bits per heavy atom. The van der Waals surface area contributed by atoms with Crippen molar-refractivity contribution >= 4 is 45.7 Å². The number of hydrogen-bond acceptors (Lipinski definition) is 9. The average molecular weight is 899 g/mol. The van der Waals surface area contributed by atoms with Crippen LogP contribution in [0.5, 0.6) is 0 Å². The molecule has 3 aromatic carbocycles. The molecule has 4 amide bonds. The summed E-state index contributed by atoms with van der Waals surface area (Å²) in [7, 11) is 2.60. The third-order valence-electron chi connectivity index (χ3n) is 14.9. The van der Waals surface area contributed by atoms with Crippen LogP contribution in [0, 0.1) is 23.7 Å². The molecule has 348 valence electrons. The maximum atomic E-state index is 14.4. The number of H-pyrrole nitrogens is 2. The second-order valence-electron chi connectivity index (χ2n) is 19.6. The smallest absolute Gasteiger partial charge is 0.407 e. The van der Waals surface area contributed by atoms with Gasteiger partial charge in [-0.2, -0.15) is 0 Å². The zero-order valence-corrected chi connectivity index (χ0v) is 38.8. The molecule has 4 N–H and O–H groups in total. The van der Waals surface area contributed by atoms with Gasteiger partial charge < -0.3 is 39.9 Å². The number of hydrogen-bond donors (Lipinski definition) is 4. The van der Waals surface area contributed by atoms with Crippen LogP contribution in [0.3, 0.4) is 0 Å². The van der Waals surface area contributed by atoms with Crippen LogP contribution >= 0.6 is 0 Å². The van der Waals surface area contributed by atoms with Crippen molar-refractivity contribution in [2.75, 3.05) is 14.2 Å². The van der Waals surface area contributed by atoms with Gasteiger partial charge in [-0.05, 0) is 108 Å². The SMILES string of the molecule is COC(=O)N[C@H](C(=O)N1[C@H](c2ncc(-c3ccc4cc(-c5ccc6c(=O)[nH]c([C@@H]7C[C@@H]8CCCC[C@@H]8N7C(=O)[C@@H](NC(=O)OC)C(C)C)nc6c5)ccc4c3)[nH]2)C[C@@H]2CCCC[C@@H]21)C(C)C. The first-order valence-corrected chi connectivity index (χ1v) is 23.8. The summed E-state index contributed by atoms with van der Waals surface area (Å²) in [5.74, 6) is 1.27. The molecule has 8 atom stereocenters. The van der Waals surface area contributed by atoms with E-state index < -0.39 is 30.3 Å². The zero-order valence-electron chi connectivity index (χ0n) is 38.8. The number of likely N-dealkylation sites (tertiary alicyclic amines) is 2. The maximum absolute atomic E-state index is 14.4. The van der Waals surface area contributed by atoms with Gasteiger partial charge in [0.1, 0.15) is 23.7 Å². The summed E-state index contributed by atoms with van der Waals surface area (Å²) in [6, 6.07) is 16.2. The Bertz CT molecular complexity index is 2710. The van der Waals surface area contributed by atoms with E-state index in [1.807, 2.05) is 61.9 Å². The van der Waals surface area contributed by atoms with Gasteiger partial charge in [-0.15, -0.1) is 0 Å². The van der Waals surface area contributed by atoms with Crippen molar-refractivity contribution in [3.63, 3.8) is 0 Å². The summed E-state index contributed by atoms with van der Waals surface area (Å²) in [5, 5.41) is 8.10. The number of carbonyl (C=O) groups excluding carboxylic acids is 4. The topological polar surface area (TPSA) is 192 Å². The second kappa shape index (κ2) is 18.6. The molecule has 2 aliphatic carbocycles. The highest BCUT2D eigenvalue weighted by Gasteiger charge is 2.50. The Kier molecular flexibility index (Phi) is 12.6. The highest BCUT2D eigenvalue weighted by atomic mass is 16.5. The van der Waals surface area contributed by atoms with Gasteiger partial charge in [0.2, 0.25) is 11.8 Å². The minimum absolute atomic E-state index is 0.00349. The number of benzene rings is 3. The third kappa shape index (κ3) is 8.52. The fourth-order valence-corrected chi connectivity index (χ4v) is 11.5. The Morgan fingerprint density at radius 1 is 0.652 bits per heavy atom. The number of carbonyl (C=O) groups is 4. The molecule has 0 radical (unpaired) electrons. The Morgan fingerprint density at radius 2 is 1.15 bits per heavy atom. The lowest BCUT2D eigenvalue weighted by Crippen LogP contribution is -2.54. The third-order valence-corrected chi connectivity index (χ3v) is 14.9. The van der Waals surface area contributed by atoms with Crippen LogP contribution in [-0.4, -0.2) is 92.1 Å². The van der Waals surface area contributed by atoms with Gasteiger partial charge >= 0.3 is 12.2 Å².